The van der Waals surface area contributed by atoms with E-state index in [1.165, 1.54) is 0 Å². The zero-order chi connectivity index (χ0) is 12.8. The molecule has 5 heteroatoms. The van der Waals surface area contributed by atoms with Crippen LogP contribution in [0, 0.1) is 5.92 Å². The molecule has 1 aromatic rings. The van der Waals surface area contributed by atoms with E-state index in [1.54, 1.807) is 31.4 Å². The molecule has 0 fully saturated rings. The third-order valence-corrected chi connectivity index (χ3v) is 2.92. The molecule has 1 aromatic carbocycles. The molecular formula is C13H21ClN2O2. The summed E-state index contributed by atoms with van der Waals surface area (Å²) in [5.41, 5.74) is 6.57. The Morgan fingerprint density at radius 1 is 1.39 bits per heavy atom. The van der Waals surface area contributed by atoms with Gasteiger partial charge in [-0.05, 0) is 30.2 Å². The second-order valence-corrected chi connectivity index (χ2v) is 4.13. The van der Waals surface area contributed by atoms with Gasteiger partial charge < -0.3 is 15.8 Å². The predicted molar refractivity (Wildman–Crippen MR) is 76.3 cm³/mol. The molecule has 2 atom stereocenters. The van der Waals surface area contributed by atoms with Crippen LogP contribution in [0.15, 0.2) is 24.3 Å². The molecular weight excluding hydrogens is 252 g/mol. The van der Waals surface area contributed by atoms with E-state index in [1.807, 2.05) is 13.8 Å². The zero-order valence-corrected chi connectivity index (χ0v) is 11.8. The standard InChI is InChI=1S/C13H20N2O2.ClH/c1-4-9(2)12(14)13(16)15-10-5-7-11(17-3)8-6-10;/h5-9,12H,4,14H2,1-3H3,(H,15,16);1H. The van der Waals surface area contributed by atoms with Gasteiger partial charge in [0.15, 0.2) is 0 Å². The molecule has 1 amide bonds. The van der Waals surface area contributed by atoms with Crippen molar-refractivity contribution in [3.8, 4) is 5.75 Å². The lowest BCUT2D eigenvalue weighted by Crippen LogP contribution is -2.40. The van der Waals surface area contributed by atoms with Gasteiger partial charge in [0.1, 0.15) is 5.75 Å². The molecule has 0 radical (unpaired) electrons. The Morgan fingerprint density at radius 3 is 2.39 bits per heavy atom. The first-order valence-electron chi connectivity index (χ1n) is 5.79. The fourth-order valence-electron chi connectivity index (χ4n) is 1.41. The van der Waals surface area contributed by atoms with E-state index < -0.39 is 6.04 Å². The Bertz CT molecular complexity index is 368. The molecule has 0 saturated carbocycles. The molecule has 3 N–H and O–H groups in total. The number of nitrogens with two attached hydrogens (primary N) is 1. The van der Waals surface area contributed by atoms with E-state index in [0.717, 1.165) is 17.9 Å². The number of methoxy groups -OCH3 is 1. The Morgan fingerprint density at radius 2 is 1.94 bits per heavy atom. The van der Waals surface area contributed by atoms with Crippen LogP contribution in [0.25, 0.3) is 0 Å². The van der Waals surface area contributed by atoms with Crippen molar-refractivity contribution in [3.05, 3.63) is 24.3 Å². The normalized spacial score (nSPS) is 13.1. The van der Waals surface area contributed by atoms with Crippen LogP contribution < -0.4 is 15.8 Å². The van der Waals surface area contributed by atoms with Crippen molar-refractivity contribution in [1.29, 1.82) is 0 Å². The van der Waals surface area contributed by atoms with Gasteiger partial charge in [0.05, 0.1) is 13.2 Å². The number of carbonyl (C=O) groups excluding carboxylic acids is 1. The van der Waals surface area contributed by atoms with Gasteiger partial charge in [-0.1, -0.05) is 20.3 Å². The molecule has 18 heavy (non-hydrogen) atoms. The summed E-state index contributed by atoms with van der Waals surface area (Å²) in [5.74, 6) is 0.784. The first-order chi connectivity index (χ1) is 8.08. The van der Waals surface area contributed by atoms with Crippen LogP contribution >= 0.6 is 12.4 Å². The lowest BCUT2D eigenvalue weighted by Gasteiger charge is -2.17. The average molecular weight is 273 g/mol. The number of benzene rings is 1. The topological polar surface area (TPSA) is 64.4 Å². The highest BCUT2D eigenvalue weighted by Gasteiger charge is 2.19. The van der Waals surface area contributed by atoms with Crippen LogP contribution in [0.5, 0.6) is 5.75 Å². The number of anilines is 1. The van der Waals surface area contributed by atoms with Gasteiger partial charge in [0.25, 0.3) is 0 Å². The number of carbonyl (C=O) groups is 1. The summed E-state index contributed by atoms with van der Waals surface area (Å²) in [6, 6.07) is 6.71. The Hall–Kier alpha value is -1.26. The van der Waals surface area contributed by atoms with Gasteiger partial charge in [-0.25, -0.2) is 0 Å². The number of ether oxygens (including phenoxy) is 1. The predicted octanol–water partition coefficient (Wildman–Crippen LogP) is 2.43. The fourth-order valence-corrected chi connectivity index (χ4v) is 1.41. The molecule has 4 nitrogen and oxygen atoms in total. The number of rotatable bonds is 5. The third-order valence-electron chi connectivity index (χ3n) is 2.92. The summed E-state index contributed by atoms with van der Waals surface area (Å²) >= 11 is 0. The van der Waals surface area contributed by atoms with Crippen molar-refractivity contribution < 1.29 is 9.53 Å². The molecule has 0 bridgehead atoms. The van der Waals surface area contributed by atoms with Gasteiger partial charge in [0.2, 0.25) is 5.91 Å². The number of halogens is 1. The third kappa shape index (κ3) is 4.55. The van der Waals surface area contributed by atoms with Gasteiger partial charge in [-0.15, -0.1) is 12.4 Å². The van der Waals surface area contributed by atoms with Gasteiger partial charge >= 0.3 is 0 Å². The molecule has 0 aliphatic heterocycles. The number of nitrogens with one attached hydrogen (secondary N) is 1. The minimum atomic E-state index is -0.470. The van der Waals surface area contributed by atoms with Crippen LogP contribution in [-0.2, 0) is 4.79 Å². The summed E-state index contributed by atoms with van der Waals surface area (Å²) in [5, 5.41) is 2.79. The Labute approximate surface area is 114 Å². The summed E-state index contributed by atoms with van der Waals surface area (Å²) in [4.78, 5) is 11.8. The Balaban J connectivity index is 0.00000289. The quantitative estimate of drug-likeness (QED) is 0.865. The maximum absolute atomic E-state index is 11.8. The van der Waals surface area contributed by atoms with E-state index >= 15 is 0 Å². The second-order valence-electron chi connectivity index (χ2n) is 4.13. The maximum atomic E-state index is 11.8. The van der Waals surface area contributed by atoms with Crippen LogP contribution in [0.2, 0.25) is 0 Å². The summed E-state index contributed by atoms with van der Waals surface area (Å²) in [6.45, 7) is 3.99. The molecule has 1 rings (SSSR count). The smallest absolute Gasteiger partial charge is 0.241 e. The molecule has 0 aliphatic rings. The summed E-state index contributed by atoms with van der Waals surface area (Å²) < 4.78 is 5.04. The van der Waals surface area contributed by atoms with Crippen LogP contribution in [0.4, 0.5) is 5.69 Å². The molecule has 0 spiro atoms. The monoisotopic (exact) mass is 272 g/mol. The molecule has 0 aromatic heterocycles. The number of hydrogen-bond acceptors (Lipinski definition) is 3. The van der Waals surface area contributed by atoms with Crippen LogP contribution in [0.1, 0.15) is 20.3 Å². The molecule has 102 valence electrons. The highest BCUT2D eigenvalue weighted by atomic mass is 35.5. The van der Waals surface area contributed by atoms with Crippen molar-refractivity contribution in [2.75, 3.05) is 12.4 Å². The number of hydrogen-bond donors (Lipinski definition) is 2. The van der Waals surface area contributed by atoms with Crippen molar-refractivity contribution in [2.24, 2.45) is 11.7 Å². The maximum Gasteiger partial charge on any atom is 0.241 e. The van der Waals surface area contributed by atoms with Crippen molar-refractivity contribution in [3.63, 3.8) is 0 Å². The van der Waals surface area contributed by atoms with Gasteiger partial charge in [-0.3, -0.25) is 4.79 Å². The zero-order valence-electron chi connectivity index (χ0n) is 11.0. The fraction of sp³-hybridized carbons (Fsp3) is 0.462. The summed E-state index contributed by atoms with van der Waals surface area (Å²) in [7, 11) is 1.60. The lowest BCUT2D eigenvalue weighted by molar-refractivity contribution is -0.118. The first-order valence-corrected chi connectivity index (χ1v) is 5.79. The lowest BCUT2D eigenvalue weighted by atomic mass is 9.99. The van der Waals surface area contributed by atoms with Crippen LogP contribution in [-0.4, -0.2) is 19.1 Å². The highest BCUT2D eigenvalue weighted by Crippen LogP contribution is 2.16. The molecule has 0 heterocycles. The van der Waals surface area contributed by atoms with Gasteiger partial charge in [0, 0.05) is 5.69 Å². The minimum Gasteiger partial charge on any atom is -0.497 e. The van der Waals surface area contributed by atoms with Crippen molar-refractivity contribution in [1.82, 2.24) is 0 Å². The highest BCUT2D eigenvalue weighted by molar-refractivity contribution is 5.94. The average Bonchev–Trinajstić information content (AvgIpc) is 2.37. The molecule has 2 unspecified atom stereocenters. The largest absolute Gasteiger partial charge is 0.497 e. The minimum absolute atomic E-state index is 0. The van der Waals surface area contributed by atoms with Crippen LogP contribution in [0.3, 0.4) is 0 Å². The molecule has 0 saturated heterocycles. The van der Waals surface area contributed by atoms with Gasteiger partial charge in [-0.2, -0.15) is 0 Å². The summed E-state index contributed by atoms with van der Waals surface area (Å²) in [6.07, 6.45) is 0.886. The van der Waals surface area contributed by atoms with E-state index in [2.05, 4.69) is 5.32 Å². The van der Waals surface area contributed by atoms with Crippen molar-refractivity contribution in [2.45, 2.75) is 26.3 Å². The van der Waals surface area contributed by atoms with E-state index in [9.17, 15) is 4.79 Å². The SMILES string of the molecule is CCC(C)C(N)C(=O)Nc1ccc(OC)cc1.Cl. The Kier molecular flexibility index (Phi) is 7.39. The van der Waals surface area contributed by atoms with E-state index in [4.69, 9.17) is 10.5 Å². The first kappa shape index (κ1) is 16.7. The number of amides is 1. The van der Waals surface area contributed by atoms with E-state index in [0.29, 0.717) is 0 Å². The van der Waals surface area contributed by atoms with E-state index in [-0.39, 0.29) is 24.2 Å². The van der Waals surface area contributed by atoms with Crippen molar-refractivity contribution >= 4 is 24.0 Å². The second kappa shape index (κ2) is 7.95. The molecule has 0 aliphatic carbocycles.